The average molecular weight is 321 g/mol. The monoisotopic (exact) mass is 321 g/mol. The van der Waals surface area contributed by atoms with Crippen LogP contribution in [0.15, 0.2) is 42.9 Å². The van der Waals surface area contributed by atoms with Crippen LogP contribution in [0, 0.1) is 0 Å². The van der Waals surface area contributed by atoms with Crippen LogP contribution >= 0.6 is 0 Å². The third kappa shape index (κ3) is 2.26. The Morgan fingerprint density at radius 1 is 1.25 bits per heavy atom. The summed E-state index contributed by atoms with van der Waals surface area (Å²) in [6.45, 7) is 0. The lowest BCUT2D eigenvalue weighted by Crippen LogP contribution is -2.05. The fourth-order valence-corrected chi connectivity index (χ4v) is 2.51. The number of nitrogens with zero attached hydrogens (tertiary/aromatic N) is 2. The van der Waals surface area contributed by atoms with Crippen molar-refractivity contribution in [1.29, 1.82) is 0 Å². The Morgan fingerprint density at radius 2 is 2.12 bits per heavy atom. The molecular weight excluding hydrogens is 310 g/mol. The van der Waals surface area contributed by atoms with Gasteiger partial charge in [0.15, 0.2) is 0 Å². The lowest BCUT2D eigenvalue weighted by molar-refractivity contribution is -0.110. The predicted octanol–water partition coefficient (Wildman–Crippen LogP) is 2.06. The maximum absolute atomic E-state index is 12.1. The largest absolute Gasteiger partial charge is 0.478 e. The van der Waals surface area contributed by atoms with Crippen molar-refractivity contribution < 1.29 is 14.7 Å². The van der Waals surface area contributed by atoms with Gasteiger partial charge in [-0.2, -0.15) is 5.10 Å². The zero-order valence-electron chi connectivity index (χ0n) is 12.2. The minimum absolute atomic E-state index is 0.0232. The Balaban J connectivity index is 1.68. The third-order valence-electron chi connectivity index (χ3n) is 3.73. The number of fused-ring (bicyclic) bond motifs is 2. The van der Waals surface area contributed by atoms with E-state index in [1.165, 1.54) is 18.5 Å². The molecule has 1 aromatic carbocycles. The van der Waals surface area contributed by atoms with E-state index >= 15 is 0 Å². The number of anilines is 2. The van der Waals surface area contributed by atoms with Crippen molar-refractivity contribution in [1.82, 2.24) is 15.2 Å². The van der Waals surface area contributed by atoms with Gasteiger partial charge in [0, 0.05) is 29.0 Å². The Hall–Kier alpha value is -3.68. The molecule has 4 N–H and O–H groups in total. The van der Waals surface area contributed by atoms with E-state index in [0.717, 1.165) is 16.6 Å². The zero-order valence-corrected chi connectivity index (χ0v) is 12.2. The highest BCUT2D eigenvalue weighted by Gasteiger charge is 2.26. The zero-order chi connectivity index (χ0) is 16.7. The molecule has 0 radical (unpaired) electrons. The van der Waals surface area contributed by atoms with Gasteiger partial charge in [-0.05, 0) is 24.3 Å². The molecule has 3 aromatic rings. The number of hydrogen-bond donors (Lipinski definition) is 4. The summed E-state index contributed by atoms with van der Waals surface area (Å²) >= 11 is 0. The number of aromatic carboxylic acids is 1. The lowest BCUT2D eigenvalue weighted by atomic mass is 10.1. The van der Waals surface area contributed by atoms with E-state index in [0.29, 0.717) is 17.0 Å². The molecule has 0 atom stereocenters. The molecule has 8 heteroatoms. The van der Waals surface area contributed by atoms with Gasteiger partial charge in [-0.15, -0.1) is 0 Å². The molecule has 8 nitrogen and oxygen atoms in total. The molecule has 0 unspecified atom stereocenters. The second-order valence-corrected chi connectivity index (χ2v) is 5.25. The number of H-pyrrole nitrogens is 1. The van der Waals surface area contributed by atoms with Gasteiger partial charge in [0.1, 0.15) is 5.82 Å². The fraction of sp³-hybridized carbons (Fsp3) is 0. The molecule has 0 spiro atoms. The quantitative estimate of drug-likeness (QED) is 0.548. The van der Waals surface area contributed by atoms with Crippen LogP contribution in [0.4, 0.5) is 11.5 Å². The van der Waals surface area contributed by atoms with E-state index in [-0.39, 0.29) is 11.5 Å². The Kier molecular flexibility index (Phi) is 3.02. The highest BCUT2D eigenvalue weighted by molar-refractivity contribution is 6.31. The number of nitrogens with one attached hydrogen (secondary N) is 3. The lowest BCUT2D eigenvalue weighted by Gasteiger charge is -2.03. The molecule has 1 aliphatic heterocycles. The minimum atomic E-state index is -1.10. The van der Waals surface area contributed by atoms with E-state index < -0.39 is 5.97 Å². The first-order valence-electron chi connectivity index (χ1n) is 7.07. The van der Waals surface area contributed by atoms with Crippen LogP contribution in [0.1, 0.15) is 15.9 Å². The number of hydrogen-bond acceptors (Lipinski definition) is 5. The highest BCUT2D eigenvalue weighted by Crippen LogP contribution is 2.30. The van der Waals surface area contributed by atoms with Crippen molar-refractivity contribution in [2.24, 2.45) is 0 Å². The number of amides is 1. The van der Waals surface area contributed by atoms with Gasteiger partial charge in [0.2, 0.25) is 0 Å². The van der Waals surface area contributed by atoms with E-state index in [9.17, 15) is 9.59 Å². The highest BCUT2D eigenvalue weighted by atomic mass is 16.4. The van der Waals surface area contributed by atoms with E-state index in [1.54, 1.807) is 6.20 Å². The van der Waals surface area contributed by atoms with Gasteiger partial charge in [0.05, 0.1) is 22.9 Å². The standard InChI is InChI=1S/C16H11N5O3/c22-15-12(11-3-9(16(23)24)5-18-14(11)20-15)7-17-10-2-1-8-6-19-21-13(8)4-10/h1-7,17H,(H,19,21)(H,23,24)(H,18,20,22). The molecule has 0 aliphatic carbocycles. The first-order valence-corrected chi connectivity index (χ1v) is 7.07. The summed E-state index contributed by atoms with van der Waals surface area (Å²) in [6, 6.07) is 7.04. The molecule has 1 aliphatic rings. The maximum atomic E-state index is 12.1. The Bertz CT molecular complexity index is 1020. The van der Waals surface area contributed by atoms with Gasteiger partial charge in [-0.25, -0.2) is 9.78 Å². The maximum Gasteiger partial charge on any atom is 0.337 e. The molecule has 0 bridgehead atoms. The Labute approximate surface area is 135 Å². The average Bonchev–Trinajstić information content (AvgIpc) is 3.15. The molecule has 2 aromatic heterocycles. The van der Waals surface area contributed by atoms with Gasteiger partial charge in [-0.1, -0.05) is 0 Å². The second-order valence-electron chi connectivity index (χ2n) is 5.25. The molecule has 118 valence electrons. The summed E-state index contributed by atoms with van der Waals surface area (Å²) in [5.41, 5.74) is 2.43. The van der Waals surface area contributed by atoms with Crippen LogP contribution in [0.5, 0.6) is 0 Å². The van der Waals surface area contributed by atoms with Crippen molar-refractivity contribution in [3.8, 4) is 0 Å². The number of carboxylic acids is 1. The van der Waals surface area contributed by atoms with Gasteiger partial charge >= 0.3 is 5.97 Å². The second kappa shape index (κ2) is 5.20. The van der Waals surface area contributed by atoms with E-state index in [1.807, 2.05) is 18.2 Å². The van der Waals surface area contributed by atoms with Crippen LogP contribution in [-0.4, -0.2) is 32.2 Å². The third-order valence-corrected chi connectivity index (χ3v) is 3.73. The van der Waals surface area contributed by atoms with Gasteiger partial charge < -0.3 is 15.7 Å². The van der Waals surface area contributed by atoms with Crippen LogP contribution in [0.25, 0.3) is 16.5 Å². The molecular formula is C16H11N5O3. The van der Waals surface area contributed by atoms with E-state index in [4.69, 9.17) is 5.11 Å². The molecule has 1 amide bonds. The molecule has 0 saturated carbocycles. The smallest absolute Gasteiger partial charge is 0.337 e. The number of rotatable bonds is 3. The summed E-state index contributed by atoms with van der Waals surface area (Å²) in [6.07, 6.45) is 4.47. The summed E-state index contributed by atoms with van der Waals surface area (Å²) < 4.78 is 0. The van der Waals surface area contributed by atoms with Crippen molar-refractivity contribution in [2.75, 3.05) is 10.6 Å². The van der Waals surface area contributed by atoms with Crippen molar-refractivity contribution in [2.45, 2.75) is 0 Å². The number of benzene rings is 1. The summed E-state index contributed by atoms with van der Waals surface area (Å²) in [5, 5.41) is 22.5. The summed E-state index contributed by atoms with van der Waals surface area (Å²) in [4.78, 5) is 27.1. The summed E-state index contributed by atoms with van der Waals surface area (Å²) in [5.74, 6) is -1.08. The summed E-state index contributed by atoms with van der Waals surface area (Å²) in [7, 11) is 0. The van der Waals surface area contributed by atoms with Crippen molar-refractivity contribution >= 4 is 39.9 Å². The number of pyridine rings is 1. The SMILES string of the molecule is O=C1Nc2ncc(C(=O)O)cc2C1=CNc1ccc2cn[nH]c2c1. The molecule has 24 heavy (non-hydrogen) atoms. The first kappa shape index (κ1) is 13.9. The van der Waals surface area contributed by atoms with Crippen LogP contribution in [0.3, 0.4) is 0 Å². The molecule has 0 fully saturated rings. The van der Waals surface area contributed by atoms with Gasteiger partial charge in [-0.3, -0.25) is 9.89 Å². The normalized spacial score (nSPS) is 14.7. The van der Waals surface area contributed by atoms with E-state index in [2.05, 4.69) is 25.8 Å². The van der Waals surface area contributed by atoms with Crippen LogP contribution in [0.2, 0.25) is 0 Å². The van der Waals surface area contributed by atoms with Gasteiger partial charge in [0.25, 0.3) is 5.91 Å². The topological polar surface area (TPSA) is 120 Å². The van der Waals surface area contributed by atoms with Crippen molar-refractivity contribution in [3.63, 3.8) is 0 Å². The Morgan fingerprint density at radius 3 is 2.96 bits per heavy atom. The van der Waals surface area contributed by atoms with Crippen LogP contribution < -0.4 is 10.6 Å². The number of aromatic amines is 1. The number of carboxylic acid groups (broad SMARTS) is 1. The molecule has 0 saturated heterocycles. The predicted molar refractivity (Wildman–Crippen MR) is 87.5 cm³/mol. The number of aromatic nitrogens is 3. The molecule has 3 heterocycles. The van der Waals surface area contributed by atoms with Crippen molar-refractivity contribution in [3.05, 3.63) is 54.0 Å². The first-order chi connectivity index (χ1) is 11.6. The molecule has 4 rings (SSSR count). The number of carbonyl (C=O) groups excluding carboxylic acids is 1. The van der Waals surface area contributed by atoms with Crippen LogP contribution in [-0.2, 0) is 4.79 Å². The minimum Gasteiger partial charge on any atom is -0.478 e. The fourth-order valence-electron chi connectivity index (χ4n) is 2.51. The number of carbonyl (C=O) groups is 2.